The summed E-state index contributed by atoms with van der Waals surface area (Å²) in [6.07, 6.45) is 3.37. The first-order chi connectivity index (χ1) is 7.68. The van der Waals surface area contributed by atoms with Gasteiger partial charge in [-0.05, 0) is 25.0 Å². The first-order valence-electron chi connectivity index (χ1n) is 4.95. The van der Waals surface area contributed by atoms with Gasteiger partial charge < -0.3 is 0 Å². The zero-order valence-corrected chi connectivity index (χ0v) is 9.92. The second-order valence-electron chi connectivity index (χ2n) is 3.64. The van der Waals surface area contributed by atoms with Gasteiger partial charge in [-0.3, -0.25) is 4.79 Å². The van der Waals surface area contributed by atoms with E-state index in [1.807, 2.05) is 0 Å². The topological polar surface area (TPSA) is 41.5 Å². The summed E-state index contributed by atoms with van der Waals surface area (Å²) < 4.78 is 0. The zero-order valence-electron chi connectivity index (χ0n) is 8.41. The van der Waals surface area contributed by atoms with E-state index in [1.165, 1.54) is 6.21 Å². The number of carbonyl (C=O) groups excluding carboxylic acids is 1. The van der Waals surface area contributed by atoms with E-state index in [-0.39, 0.29) is 11.8 Å². The number of amides is 1. The Labute approximate surface area is 103 Å². The van der Waals surface area contributed by atoms with Crippen LogP contribution in [0.5, 0.6) is 0 Å². The third-order valence-electron chi connectivity index (χ3n) is 2.32. The van der Waals surface area contributed by atoms with Gasteiger partial charge in [0, 0.05) is 11.5 Å². The lowest BCUT2D eigenvalue weighted by Gasteiger charge is -2.00. The van der Waals surface area contributed by atoms with Crippen molar-refractivity contribution in [2.24, 2.45) is 11.0 Å². The van der Waals surface area contributed by atoms with Crippen LogP contribution in [-0.4, -0.2) is 12.1 Å². The number of nitrogens with one attached hydrogen (secondary N) is 1. The molecule has 0 bridgehead atoms. The Balaban J connectivity index is 2.02. The van der Waals surface area contributed by atoms with Crippen molar-refractivity contribution in [1.29, 1.82) is 0 Å². The molecule has 0 radical (unpaired) electrons. The van der Waals surface area contributed by atoms with Crippen LogP contribution in [0.1, 0.15) is 18.4 Å². The average Bonchev–Trinajstić information content (AvgIpc) is 3.05. The SMILES string of the molecule is O=C(N/N=C\c1c(Cl)cccc1Cl)C1CC1. The number of hydrogen-bond acceptors (Lipinski definition) is 2. The molecular weight excluding hydrogens is 247 g/mol. The number of carbonyl (C=O) groups is 1. The summed E-state index contributed by atoms with van der Waals surface area (Å²) in [6, 6.07) is 5.19. The van der Waals surface area contributed by atoms with E-state index >= 15 is 0 Å². The number of halogens is 2. The van der Waals surface area contributed by atoms with Crippen molar-refractivity contribution in [2.75, 3.05) is 0 Å². The van der Waals surface area contributed by atoms with Gasteiger partial charge in [-0.25, -0.2) is 5.43 Å². The van der Waals surface area contributed by atoms with Gasteiger partial charge in [0.1, 0.15) is 0 Å². The van der Waals surface area contributed by atoms with Crippen molar-refractivity contribution < 1.29 is 4.79 Å². The maximum absolute atomic E-state index is 11.3. The van der Waals surface area contributed by atoms with E-state index in [2.05, 4.69) is 10.5 Å². The summed E-state index contributed by atoms with van der Waals surface area (Å²) in [6.45, 7) is 0. The van der Waals surface area contributed by atoms with Gasteiger partial charge >= 0.3 is 0 Å². The van der Waals surface area contributed by atoms with Crippen LogP contribution in [-0.2, 0) is 4.79 Å². The molecule has 0 aromatic heterocycles. The largest absolute Gasteiger partial charge is 0.273 e. The number of hydrogen-bond donors (Lipinski definition) is 1. The van der Waals surface area contributed by atoms with Crippen LogP contribution >= 0.6 is 23.2 Å². The van der Waals surface area contributed by atoms with Gasteiger partial charge in [0.2, 0.25) is 5.91 Å². The Hall–Kier alpha value is -1.06. The van der Waals surface area contributed by atoms with Crippen LogP contribution in [0.15, 0.2) is 23.3 Å². The van der Waals surface area contributed by atoms with Crippen LogP contribution in [0.3, 0.4) is 0 Å². The van der Waals surface area contributed by atoms with Crippen molar-refractivity contribution in [3.05, 3.63) is 33.8 Å². The van der Waals surface area contributed by atoms with Gasteiger partial charge in [0.25, 0.3) is 0 Å². The highest BCUT2D eigenvalue weighted by Gasteiger charge is 2.29. The Morgan fingerprint density at radius 3 is 2.56 bits per heavy atom. The summed E-state index contributed by atoms with van der Waals surface area (Å²) in [4.78, 5) is 11.3. The number of nitrogens with zero attached hydrogens (tertiary/aromatic N) is 1. The number of hydrazone groups is 1. The maximum Gasteiger partial charge on any atom is 0.243 e. The number of benzene rings is 1. The Bertz CT molecular complexity index is 421. The molecule has 0 unspecified atom stereocenters. The fourth-order valence-corrected chi connectivity index (χ4v) is 1.73. The van der Waals surface area contributed by atoms with E-state index in [1.54, 1.807) is 18.2 Å². The minimum atomic E-state index is -0.0422. The number of rotatable bonds is 3. The van der Waals surface area contributed by atoms with Gasteiger partial charge in [-0.15, -0.1) is 0 Å². The standard InChI is InChI=1S/C11H10Cl2N2O/c12-9-2-1-3-10(13)8(9)6-14-15-11(16)7-4-5-7/h1-3,6-7H,4-5H2,(H,15,16)/b14-6-. The molecule has 84 valence electrons. The van der Waals surface area contributed by atoms with E-state index in [4.69, 9.17) is 23.2 Å². The average molecular weight is 257 g/mol. The molecule has 1 aromatic rings. The van der Waals surface area contributed by atoms with Gasteiger partial charge in [0.15, 0.2) is 0 Å². The van der Waals surface area contributed by atoms with Crippen LogP contribution in [0.25, 0.3) is 0 Å². The predicted molar refractivity (Wildman–Crippen MR) is 64.9 cm³/mol. The third kappa shape index (κ3) is 2.74. The lowest BCUT2D eigenvalue weighted by atomic mass is 10.2. The molecular formula is C11H10Cl2N2O. The Morgan fingerprint density at radius 2 is 2.00 bits per heavy atom. The van der Waals surface area contributed by atoms with Gasteiger partial charge in [0.05, 0.1) is 16.3 Å². The highest BCUT2D eigenvalue weighted by molar-refractivity contribution is 6.38. The van der Waals surface area contributed by atoms with Crippen LogP contribution in [0.2, 0.25) is 10.0 Å². The third-order valence-corrected chi connectivity index (χ3v) is 2.98. The highest BCUT2D eigenvalue weighted by Crippen LogP contribution is 2.28. The van der Waals surface area contributed by atoms with Crippen molar-refractivity contribution >= 4 is 35.3 Å². The molecule has 1 saturated carbocycles. The Kier molecular flexibility index (Phi) is 3.46. The Morgan fingerprint density at radius 1 is 1.38 bits per heavy atom. The summed E-state index contributed by atoms with van der Waals surface area (Å²) in [5, 5.41) is 4.85. The molecule has 0 heterocycles. The summed E-state index contributed by atoms with van der Waals surface area (Å²) >= 11 is 11.9. The molecule has 1 aliphatic carbocycles. The molecule has 1 aliphatic rings. The van der Waals surface area contributed by atoms with Gasteiger partial charge in [-0.1, -0.05) is 29.3 Å². The van der Waals surface area contributed by atoms with Crippen molar-refractivity contribution in [1.82, 2.24) is 5.43 Å². The smallest absolute Gasteiger partial charge is 0.243 e. The molecule has 1 fully saturated rings. The first-order valence-corrected chi connectivity index (χ1v) is 5.71. The van der Waals surface area contributed by atoms with Crippen molar-refractivity contribution in [2.45, 2.75) is 12.8 Å². The molecule has 0 spiro atoms. The van der Waals surface area contributed by atoms with E-state index in [0.717, 1.165) is 12.8 Å². The van der Waals surface area contributed by atoms with Crippen LogP contribution in [0.4, 0.5) is 0 Å². The molecule has 1 aromatic carbocycles. The fourth-order valence-electron chi connectivity index (χ4n) is 1.23. The van der Waals surface area contributed by atoms with Crippen LogP contribution < -0.4 is 5.43 Å². The lowest BCUT2D eigenvalue weighted by Crippen LogP contribution is -2.19. The second-order valence-corrected chi connectivity index (χ2v) is 4.46. The minimum absolute atomic E-state index is 0.0422. The molecule has 16 heavy (non-hydrogen) atoms. The highest BCUT2D eigenvalue weighted by atomic mass is 35.5. The summed E-state index contributed by atoms with van der Waals surface area (Å²) in [5.41, 5.74) is 3.07. The summed E-state index contributed by atoms with van der Waals surface area (Å²) in [7, 11) is 0. The van der Waals surface area contributed by atoms with Crippen molar-refractivity contribution in [3.8, 4) is 0 Å². The fraction of sp³-hybridized carbons (Fsp3) is 0.273. The molecule has 2 rings (SSSR count). The monoisotopic (exact) mass is 256 g/mol. The van der Waals surface area contributed by atoms with E-state index in [9.17, 15) is 4.79 Å². The molecule has 0 atom stereocenters. The zero-order chi connectivity index (χ0) is 11.5. The molecule has 1 amide bonds. The molecule has 5 heteroatoms. The second kappa shape index (κ2) is 4.85. The quantitative estimate of drug-likeness (QED) is 0.656. The molecule has 0 aliphatic heterocycles. The van der Waals surface area contributed by atoms with E-state index < -0.39 is 0 Å². The van der Waals surface area contributed by atoms with Gasteiger partial charge in [-0.2, -0.15) is 5.10 Å². The molecule has 0 saturated heterocycles. The van der Waals surface area contributed by atoms with E-state index in [0.29, 0.717) is 15.6 Å². The van der Waals surface area contributed by atoms with Crippen molar-refractivity contribution in [3.63, 3.8) is 0 Å². The molecule has 3 nitrogen and oxygen atoms in total. The normalized spacial score (nSPS) is 15.4. The van der Waals surface area contributed by atoms with Crippen LogP contribution in [0, 0.1) is 5.92 Å². The first kappa shape index (κ1) is 11.4. The lowest BCUT2D eigenvalue weighted by molar-refractivity contribution is -0.122. The predicted octanol–water partition coefficient (Wildman–Crippen LogP) is 2.85. The summed E-state index contributed by atoms with van der Waals surface area (Å²) in [5.74, 6) is 0.0956. The maximum atomic E-state index is 11.3. The minimum Gasteiger partial charge on any atom is -0.273 e. The molecule has 1 N–H and O–H groups in total.